The Kier molecular flexibility index (Phi) is 5.08. The van der Waals surface area contributed by atoms with Crippen LogP contribution in [-0.4, -0.2) is 51.4 Å². The van der Waals surface area contributed by atoms with E-state index >= 15 is 0 Å². The molecule has 25 heavy (non-hydrogen) atoms. The second-order valence-corrected chi connectivity index (χ2v) is 8.02. The molecule has 0 amide bonds. The summed E-state index contributed by atoms with van der Waals surface area (Å²) in [6.07, 6.45) is 0. The Labute approximate surface area is 147 Å². The summed E-state index contributed by atoms with van der Waals surface area (Å²) in [4.78, 5) is 2.25. The van der Waals surface area contributed by atoms with Gasteiger partial charge in [-0.15, -0.1) is 0 Å². The summed E-state index contributed by atoms with van der Waals surface area (Å²) in [5, 5.41) is 0. The Morgan fingerprint density at radius 2 is 1.68 bits per heavy atom. The van der Waals surface area contributed by atoms with Crippen LogP contribution in [0.5, 0.6) is 5.75 Å². The molecule has 0 radical (unpaired) electrons. The summed E-state index contributed by atoms with van der Waals surface area (Å²) in [7, 11) is -0.0479. The number of halogens is 1. The fraction of sp³-hybridized carbons (Fsp3) is 0.333. The van der Waals surface area contributed by atoms with Crippen LogP contribution in [0.1, 0.15) is 11.6 Å². The van der Waals surface area contributed by atoms with Crippen molar-refractivity contribution in [3.63, 3.8) is 0 Å². The van der Waals surface area contributed by atoms with Crippen molar-refractivity contribution in [1.29, 1.82) is 0 Å². The van der Waals surface area contributed by atoms with Crippen molar-refractivity contribution in [2.45, 2.75) is 10.9 Å². The van der Waals surface area contributed by atoms with Crippen LogP contribution in [0.3, 0.4) is 0 Å². The maximum atomic E-state index is 13.1. The molecular formula is C18H21FN2O3S. The van der Waals surface area contributed by atoms with Crippen LogP contribution >= 0.6 is 0 Å². The molecule has 1 fully saturated rings. The molecule has 134 valence electrons. The zero-order chi connectivity index (χ0) is 18.0. The first kappa shape index (κ1) is 17.8. The van der Waals surface area contributed by atoms with Crippen molar-refractivity contribution in [2.24, 2.45) is 0 Å². The molecule has 5 nitrogen and oxygen atoms in total. The van der Waals surface area contributed by atoms with Gasteiger partial charge in [0.2, 0.25) is 10.0 Å². The van der Waals surface area contributed by atoms with Crippen molar-refractivity contribution in [3.8, 4) is 5.75 Å². The van der Waals surface area contributed by atoms with E-state index in [1.165, 1.54) is 28.6 Å². The molecule has 1 aliphatic rings. The van der Waals surface area contributed by atoms with E-state index in [1.54, 1.807) is 7.11 Å². The van der Waals surface area contributed by atoms with Crippen molar-refractivity contribution in [2.75, 3.05) is 33.8 Å². The highest BCUT2D eigenvalue weighted by Crippen LogP contribution is 2.29. The summed E-state index contributed by atoms with van der Waals surface area (Å²) >= 11 is 0. The van der Waals surface area contributed by atoms with Crippen LogP contribution in [0.15, 0.2) is 53.4 Å². The number of benzene rings is 2. The van der Waals surface area contributed by atoms with E-state index in [2.05, 4.69) is 4.90 Å². The molecule has 0 bridgehead atoms. The topological polar surface area (TPSA) is 49.9 Å². The minimum Gasteiger partial charge on any atom is -0.497 e. The average molecular weight is 364 g/mol. The molecule has 0 spiro atoms. The third kappa shape index (κ3) is 3.68. The Hall–Kier alpha value is -1.96. The van der Waals surface area contributed by atoms with Gasteiger partial charge in [-0.05, 0) is 49.0 Å². The number of methoxy groups -OCH3 is 1. The molecule has 1 aliphatic heterocycles. The van der Waals surface area contributed by atoms with Crippen molar-refractivity contribution < 1.29 is 17.5 Å². The minimum absolute atomic E-state index is 0.0464. The molecule has 0 aliphatic carbocycles. The van der Waals surface area contributed by atoms with Crippen molar-refractivity contribution in [3.05, 3.63) is 59.9 Å². The molecule has 0 aromatic heterocycles. The summed E-state index contributed by atoms with van der Waals surface area (Å²) < 4.78 is 45.4. The van der Waals surface area contributed by atoms with Gasteiger partial charge in [-0.2, -0.15) is 4.31 Å². The number of hydrogen-bond acceptors (Lipinski definition) is 4. The van der Waals surface area contributed by atoms with Gasteiger partial charge >= 0.3 is 0 Å². The van der Waals surface area contributed by atoms with E-state index in [-0.39, 0.29) is 10.9 Å². The zero-order valence-corrected chi connectivity index (χ0v) is 15.0. The fourth-order valence-electron chi connectivity index (χ4n) is 3.01. The van der Waals surface area contributed by atoms with Crippen LogP contribution < -0.4 is 4.74 Å². The van der Waals surface area contributed by atoms with E-state index in [0.717, 1.165) is 11.3 Å². The molecule has 3 rings (SSSR count). The molecular weight excluding hydrogens is 343 g/mol. The van der Waals surface area contributed by atoms with Gasteiger partial charge in [-0.1, -0.05) is 12.1 Å². The SMILES string of the molecule is COc1ccc(C2CN(S(=O)(=O)c3ccc(F)cc3)CCN2C)cc1. The zero-order valence-electron chi connectivity index (χ0n) is 14.2. The summed E-state index contributed by atoms with van der Waals surface area (Å²) in [5.41, 5.74) is 1.03. The third-order valence-electron chi connectivity index (χ3n) is 4.56. The van der Waals surface area contributed by atoms with E-state index in [9.17, 15) is 12.8 Å². The molecule has 1 saturated heterocycles. The van der Waals surface area contributed by atoms with E-state index < -0.39 is 15.8 Å². The minimum atomic E-state index is -3.64. The molecule has 1 atom stereocenters. The van der Waals surface area contributed by atoms with E-state index in [4.69, 9.17) is 4.74 Å². The van der Waals surface area contributed by atoms with Gasteiger partial charge in [-0.3, -0.25) is 4.90 Å². The lowest BCUT2D eigenvalue weighted by molar-refractivity contribution is 0.148. The molecule has 2 aromatic rings. The van der Waals surface area contributed by atoms with E-state index in [0.29, 0.717) is 19.6 Å². The predicted molar refractivity (Wildman–Crippen MR) is 93.5 cm³/mol. The van der Waals surface area contributed by atoms with Crippen LogP contribution in [-0.2, 0) is 10.0 Å². The van der Waals surface area contributed by atoms with Gasteiger partial charge in [0.15, 0.2) is 0 Å². The molecule has 0 saturated carbocycles. The smallest absolute Gasteiger partial charge is 0.243 e. The second kappa shape index (κ2) is 7.11. The lowest BCUT2D eigenvalue weighted by Gasteiger charge is -2.39. The number of hydrogen-bond donors (Lipinski definition) is 0. The highest BCUT2D eigenvalue weighted by Gasteiger charge is 2.33. The Bertz CT molecular complexity index is 822. The van der Waals surface area contributed by atoms with Gasteiger partial charge in [-0.25, -0.2) is 12.8 Å². The normalized spacial score (nSPS) is 19.7. The van der Waals surface area contributed by atoms with Gasteiger partial charge in [0, 0.05) is 25.7 Å². The molecule has 1 unspecified atom stereocenters. The highest BCUT2D eigenvalue weighted by molar-refractivity contribution is 7.89. The first-order valence-corrected chi connectivity index (χ1v) is 9.46. The van der Waals surface area contributed by atoms with Crippen LogP contribution in [0, 0.1) is 5.82 Å². The van der Waals surface area contributed by atoms with Crippen molar-refractivity contribution in [1.82, 2.24) is 9.21 Å². The molecule has 2 aromatic carbocycles. The quantitative estimate of drug-likeness (QED) is 0.837. The maximum absolute atomic E-state index is 13.1. The van der Waals surface area contributed by atoms with E-state index in [1.807, 2.05) is 31.3 Å². The number of piperazine rings is 1. The summed E-state index contributed by atoms with van der Waals surface area (Å²) in [6, 6.07) is 12.6. The third-order valence-corrected chi connectivity index (χ3v) is 6.44. The fourth-order valence-corrected chi connectivity index (χ4v) is 4.45. The Balaban J connectivity index is 1.85. The Morgan fingerprint density at radius 1 is 1.04 bits per heavy atom. The predicted octanol–water partition coefficient (Wildman–Crippen LogP) is 2.51. The first-order chi connectivity index (χ1) is 11.9. The standard InChI is InChI=1S/C18H21FN2O3S/c1-20-11-12-21(25(22,23)17-9-5-15(19)6-10-17)13-18(20)14-3-7-16(24-2)8-4-14/h3-10,18H,11-13H2,1-2H3. The van der Waals surface area contributed by atoms with Gasteiger partial charge < -0.3 is 4.74 Å². The van der Waals surface area contributed by atoms with Crippen molar-refractivity contribution >= 4 is 10.0 Å². The largest absolute Gasteiger partial charge is 0.497 e. The van der Waals surface area contributed by atoms with Gasteiger partial charge in [0.25, 0.3) is 0 Å². The molecule has 1 heterocycles. The van der Waals surface area contributed by atoms with Gasteiger partial charge in [0.1, 0.15) is 11.6 Å². The number of ether oxygens (including phenoxy) is 1. The second-order valence-electron chi connectivity index (χ2n) is 6.09. The maximum Gasteiger partial charge on any atom is 0.243 e. The number of sulfonamides is 1. The van der Waals surface area contributed by atoms with Gasteiger partial charge in [0.05, 0.1) is 12.0 Å². The van der Waals surface area contributed by atoms with Crippen LogP contribution in [0.4, 0.5) is 4.39 Å². The molecule has 7 heteroatoms. The molecule has 0 N–H and O–H groups in total. The monoisotopic (exact) mass is 364 g/mol. The number of likely N-dealkylation sites (N-methyl/N-ethyl adjacent to an activating group) is 1. The highest BCUT2D eigenvalue weighted by atomic mass is 32.2. The lowest BCUT2D eigenvalue weighted by atomic mass is 10.0. The number of nitrogens with zero attached hydrogens (tertiary/aromatic N) is 2. The first-order valence-electron chi connectivity index (χ1n) is 8.02. The van der Waals surface area contributed by atoms with Crippen LogP contribution in [0.25, 0.3) is 0 Å². The lowest BCUT2D eigenvalue weighted by Crippen LogP contribution is -2.48. The van der Waals surface area contributed by atoms with Crippen LogP contribution in [0.2, 0.25) is 0 Å². The average Bonchev–Trinajstić information content (AvgIpc) is 2.62. The summed E-state index contributed by atoms with van der Waals surface area (Å²) in [6.45, 7) is 1.38. The summed E-state index contributed by atoms with van der Waals surface area (Å²) in [5.74, 6) is 0.312. The number of rotatable bonds is 4. The Morgan fingerprint density at radius 3 is 2.28 bits per heavy atom.